The molecular weight excluding hydrogens is 336 g/mol. The van der Waals surface area contributed by atoms with Crippen molar-refractivity contribution in [2.45, 2.75) is 83.8 Å². The number of Topliss-reactive ketones (excluding diaryl/α,β-unsaturated/α-hetero) is 1. The van der Waals surface area contributed by atoms with Gasteiger partial charge in [0.1, 0.15) is 0 Å². The standard InChI is InChI=1S/C18H36N2O4Si/c1-12(2)9-14(20-16(22)13(3)19)15(21)18(10-23-18)11-24-25(7,8)17(4,5)6/h12-14H,9-11,19H2,1-8H3,(H,20,22)/t13-,14?,18-/m0/s1. The Bertz CT molecular complexity index is 494. The van der Waals surface area contributed by atoms with Gasteiger partial charge in [-0.25, -0.2) is 0 Å². The maximum atomic E-state index is 13.0. The van der Waals surface area contributed by atoms with Crippen molar-refractivity contribution < 1.29 is 18.8 Å². The maximum absolute atomic E-state index is 13.0. The molecule has 1 aliphatic rings. The Kier molecular flexibility index (Phi) is 7.00. The van der Waals surface area contributed by atoms with Gasteiger partial charge in [-0.3, -0.25) is 9.59 Å². The van der Waals surface area contributed by atoms with E-state index >= 15 is 0 Å². The summed E-state index contributed by atoms with van der Waals surface area (Å²) in [7, 11) is -1.98. The molecule has 146 valence electrons. The number of epoxide rings is 1. The van der Waals surface area contributed by atoms with Crippen LogP contribution in [0.4, 0.5) is 0 Å². The van der Waals surface area contributed by atoms with Gasteiger partial charge in [-0.2, -0.15) is 0 Å². The molecule has 0 saturated carbocycles. The zero-order valence-corrected chi connectivity index (χ0v) is 18.1. The van der Waals surface area contributed by atoms with Crippen LogP contribution in [0.15, 0.2) is 0 Å². The minimum Gasteiger partial charge on any atom is -0.413 e. The smallest absolute Gasteiger partial charge is 0.237 e. The molecule has 0 radical (unpaired) electrons. The molecule has 0 aromatic carbocycles. The Balaban J connectivity index is 2.83. The monoisotopic (exact) mass is 372 g/mol. The average molecular weight is 373 g/mol. The SMILES string of the molecule is CC(C)CC(NC(=O)[C@H](C)N)C(=O)[C@@]1(CO[Si](C)(C)C(C)(C)C)CO1. The summed E-state index contributed by atoms with van der Waals surface area (Å²) < 4.78 is 11.7. The molecule has 0 aromatic heterocycles. The van der Waals surface area contributed by atoms with E-state index in [0.29, 0.717) is 13.0 Å². The Morgan fingerprint density at radius 2 is 1.80 bits per heavy atom. The van der Waals surface area contributed by atoms with Gasteiger partial charge in [0, 0.05) is 0 Å². The van der Waals surface area contributed by atoms with Gasteiger partial charge in [-0.15, -0.1) is 0 Å². The Hall–Kier alpha value is -0.763. The first-order chi connectivity index (χ1) is 11.2. The highest BCUT2D eigenvalue weighted by Gasteiger charge is 2.56. The van der Waals surface area contributed by atoms with Gasteiger partial charge in [0.2, 0.25) is 5.91 Å². The number of rotatable bonds is 9. The minimum atomic E-state index is -1.98. The summed E-state index contributed by atoms with van der Waals surface area (Å²) in [5.74, 6) is -0.159. The number of nitrogens with one attached hydrogen (secondary N) is 1. The molecule has 1 saturated heterocycles. The molecule has 1 rings (SSSR count). The number of amides is 1. The fourth-order valence-electron chi connectivity index (χ4n) is 2.22. The minimum absolute atomic E-state index is 0.0622. The lowest BCUT2D eigenvalue weighted by atomic mass is 9.92. The second-order valence-electron chi connectivity index (χ2n) is 9.18. The topological polar surface area (TPSA) is 94.0 Å². The lowest BCUT2D eigenvalue weighted by molar-refractivity contribution is -0.132. The summed E-state index contributed by atoms with van der Waals surface area (Å²) in [6.45, 7) is 17.0. The average Bonchev–Trinajstić information content (AvgIpc) is 3.23. The molecule has 1 aliphatic heterocycles. The molecule has 1 unspecified atom stereocenters. The van der Waals surface area contributed by atoms with Crippen LogP contribution < -0.4 is 11.1 Å². The van der Waals surface area contributed by atoms with E-state index in [2.05, 4.69) is 39.2 Å². The van der Waals surface area contributed by atoms with E-state index in [4.69, 9.17) is 14.9 Å². The van der Waals surface area contributed by atoms with Crippen molar-refractivity contribution in [2.24, 2.45) is 11.7 Å². The first-order valence-electron chi connectivity index (χ1n) is 9.10. The van der Waals surface area contributed by atoms with Gasteiger partial charge in [-0.05, 0) is 37.4 Å². The fraction of sp³-hybridized carbons (Fsp3) is 0.889. The largest absolute Gasteiger partial charge is 0.413 e. The number of hydrogen-bond acceptors (Lipinski definition) is 5. The summed E-state index contributed by atoms with van der Waals surface area (Å²) in [6.07, 6.45) is 0.558. The van der Waals surface area contributed by atoms with E-state index in [1.54, 1.807) is 6.92 Å². The molecule has 0 bridgehead atoms. The number of carbonyl (C=O) groups is 2. The zero-order valence-electron chi connectivity index (χ0n) is 17.1. The van der Waals surface area contributed by atoms with Crippen LogP contribution in [0.1, 0.15) is 48.0 Å². The predicted molar refractivity (Wildman–Crippen MR) is 102 cm³/mol. The van der Waals surface area contributed by atoms with Gasteiger partial charge in [0.15, 0.2) is 19.7 Å². The van der Waals surface area contributed by atoms with E-state index < -0.39 is 26.0 Å². The van der Waals surface area contributed by atoms with Crippen molar-refractivity contribution >= 4 is 20.0 Å². The third-order valence-electron chi connectivity index (χ3n) is 5.17. The molecule has 25 heavy (non-hydrogen) atoms. The highest BCUT2D eigenvalue weighted by molar-refractivity contribution is 6.74. The molecule has 3 atom stereocenters. The lowest BCUT2D eigenvalue weighted by Gasteiger charge is -2.37. The predicted octanol–water partition coefficient (Wildman–Crippen LogP) is 2.22. The first kappa shape index (κ1) is 22.3. The summed E-state index contributed by atoms with van der Waals surface area (Å²) in [4.78, 5) is 25.0. The maximum Gasteiger partial charge on any atom is 0.237 e. The highest BCUT2D eigenvalue weighted by atomic mass is 28.4. The van der Waals surface area contributed by atoms with E-state index in [1.807, 2.05) is 13.8 Å². The van der Waals surface area contributed by atoms with Crippen molar-refractivity contribution in [3.63, 3.8) is 0 Å². The van der Waals surface area contributed by atoms with Crippen LogP contribution >= 0.6 is 0 Å². The summed E-state index contributed by atoms with van der Waals surface area (Å²) >= 11 is 0. The van der Waals surface area contributed by atoms with Crippen molar-refractivity contribution in [1.82, 2.24) is 5.32 Å². The number of carbonyl (C=O) groups excluding carboxylic acids is 2. The molecule has 6 nitrogen and oxygen atoms in total. The zero-order chi connectivity index (χ0) is 19.6. The van der Waals surface area contributed by atoms with E-state index in [-0.39, 0.29) is 29.3 Å². The summed E-state index contributed by atoms with van der Waals surface area (Å²) in [5.41, 5.74) is 4.71. The number of ether oxygens (including phenoxy) is 1. The van der Waals surface area contributed by atoms with Crippen molar-refractivity contribution in [3.05, 3.63) is 0 Å². The normalized spacial score (nSPS) is 23.3. The van der Waals surface area contributed by atoms with Gasteiger partial charge in [0.25, 0.3) is 0 Å². The van der Waals surface area contributed by atoms with Crippen LogP contribution in [-0.2, 0) is 18.8 Å². The third kappa shape index (κ3) is 5.87. The van der Waals surface area contributed by atoms with E-state index in [9.17, 15) is 9.59 Å². The van der Waals surface area contributed by atoms with E-state index in [0.717, 1.165) is 0 Å². The van der Waals surface area contributed by atoms with Crippen LogP contribution in [0.2, 0.25) is 18.1 Å². The van der Waals surface area contributed by atoms with Crippen LogP contribution in [0.5, 0.6) is 0 Å². The number of hydrogen-bond donors (Lipinski definition) is 2. The van der Waals surface area contributed by atoms with Crippen molar-refractivity contribution in [3.8, 4) is 0 Å². The lowest BCUT2D eigenvalue weighted by Crippen LogP contribution is -2.53. The van der Waals surface area contributed by atoms with Crippen LogP contribution in [-0.4, -0.2) is 50.9 Å². The van der Waals surface area contributed by atoms with Crippen LogP contribution in [0.3, 0.4) is 0 Å². The highest BCUT2D eigenvalue weighted by Crippen LogP contribution is 2.39. The van der Waals surface area contributed by atoms with Gasteiger partial charge in [-0.1, -0.05) is 34.6 Å². The number of nitrogens with two attached hydrogens (primary N) is 1. The first-order valence-corrected chi connectivity index (χ1v) is 12.0. The quantitative estimate of drug-likeness (QED) is 0.478. The third-order valence-corrected chi connectivity index (χ3v) is 9.65. The summed E-state index contributed by atoms with van der Waals surface area (Å²) in [5, 5.41) is 2.85. The van der Waals surface area contributed by atoms with Gasteiger partial charge < -0.3 is 20.2 Å². The Morgan fingerprint density at radius 1 is 1.28 bits per heavy atom. The van der Waals surface area contributed by atoms with Gasteiger partial charge >= 0.3 is 0 Å². The van der Waals surface area contributed by atoms with Crippen LogP contribution in [0, 0.1) is 5.92 Å². The molecule has 7 heteroatoms. The Labute approximate surface area is 153 Å². The second kappa shape index (κ2) is 7.86. The van der Waals surface area contributed by atoms with Crippen molar-refractivity contribution in [2.75, 3.05) is 13.2 Å². The molecule has 1 fully saturated rings. The van der Waals surface area contributed by atoms with Gasteiger partial charge in [0.05, 0.1) is 25.3 Å². The fourth-order valence-corrected chi connectivity index (χ4v) is 3.25. The summed E-state index contributed by atoms with van der Waals surface area (Å²) in [6, 6.07) is -1.24. The molecule has 0 spiro atoms. The molecular formula is C18H36N2O4Si. The Morgan fingerprint density at radius 3 is 2.16 bits per heavy atom. The molecule has 0 aliphatic carbocycles. The van der Waals surface area contributed by atoms with Crippen LogP contribution in [0.25, 0.3) is 0 Å². The molecule has 1 heterocycles. The molecule has 1 amide bonds. The van der Waals surface area contributed by atoms with E-state index in [1.165, 1.54) is 0 Å². The number of ketones is 1. The molecule has 3 N–H and O–H groups in total. The second-order valence-corrected chi connectivity index (χ2v) is 14.0. The van der Waals surface area contributed by atoms with Crippen molar-refractivity contribution in [1.29, 1.82) is 0 Å². The molecule has 0 aromatic rings.